The third-order valence-electron chi connectivity index (χ3n) is 3.27. The first-order valence-corrected chi connectivity index (χ1v) is 7.64. The van der Waals surface area contributed by atoms with E-state index in [0.29, 0.717) is 22.5 Å². The van der Waals surface area contributed by atoms with Crippen molar-refractivity contribution in [2.75, 3.05) is 10.9 Å². The Hall–Kier alpha value is -4.99. The molecule has 0 aliphatic heterocycles. The van der Waals surface area contributed by atoms with Gasteiger partial charge in [-0.15, -0.1) is 0 Å². The number of carbonyl (C=O) groups excluding carboxylic acids is 1. The highest BCUT2D eigenvalue weighted by atomic mass is 16.1. The lowest BCUT2D eigenvalue weighted by Crippen LogP contribution is -2.04. The van der Waals surface area contributed by atoms with Gasteiger partial charge in [-0.25, -0.2) is 0 Å². The van der Waals surface area contributed by atoms with Crippen molar-refractivity contribution >= 4 is 28.6 Å². The Morgan fingerprint density at radius 1 is 0.714 bits per heavy atom. The van der Waals surface area contributed by atoms with Crippen LogP contribution in [-0.2, 0) is 0 Å². The van der Waals surface area contributed by atoms with Crippen LogP contribution in [0.4, 0.5) is 11.4 Å². The van der Waals surface area contributed by atoms with Gasteiger partial charge in [-0.2, -0.15) is 31.3 Å². The summed E-state index contributed by atoms with van der Waals surface area (Å²) in [5.74, 6) is -0.290. The molecule has 0 unspecified atom stereocenters. The molecule has 0 bridgehead atoms. The van der Waals surface area contributed by atoms with Gasteiger partial charge in [0, 0.05) is 11.1 Å². The molecule has 0 amide bonds. The Labute approximate surface area is 160 Å². The number of ketones is 1. The maximum Gasteiger partial charge on any atom is 0.237 e. The molecule has 2 aromatic rings. The average Bonchev–Trinajstić information content (AvgIpc) is 2.75. The van der Waals surface area contributed by atoms with E-state index < -0.39 is 0 Å². The molecular weight excluding hydrogens is 356 g/mol. The summed E-state index contributed by atoms with van der Waals surface area (Å²) in [7, 11) is 0. The summed E-state index contributed by atoms with van der Waals surface area (Å²) in [6.07, 6.45) is 0. The number of rotatable bonds is 6. The van der Waals surface area contributed by atoms with Gasteiger partial charge in [-0.05, 0) is 24.3 Å². The van der Waals surface area contributed by atoms with Crippen LogP contribution >= 0.6 is 0 Å². The van der Waals surface area contributed by atoms with Gasteiger partial charge < -0.3 is 0 Å². The zero-order chi connectivity index (χ0) is 20.4. The second kappa shape index (κ2) is 9.48. The lowest BCUT2D eigenvalue weighted by Gasteiger charge is -2.06. The van der Waals surface area contributed by atoms with Crippen LogP contribution in [0.5, 0.6) is 0 Å². The van der Waals surface area contributed by atoms with Crippen molar-refractivity contribution in [2.45, 2.75) is 0 Å². The molecule has 132 valence electrons. The number of nitriles is 4. The number of hydrogen-bond acceptors (Lipinski definition) is 9. The molecule has 2 rings (SSSR count). The molecule has 2 aromatic carbocycles. The maximum absolute atomic E-state index is 12.7. The zero-order valence-corrected chi connectivity index (χ0v) is 14.2. The summed E-state index contributed by atoms with van der Waals surface area (Å²) >= 11 is 0. The highest BCUT2D eigenvalue weighted by Gasteiger charge is 2.10. The van der Waals surface area contributed by atoms with E-state index >= 15 is 0 Å². The molecule has 0 saturated carbocycles. The van der Waals surface area contributed by atoms with Gasteiger partial charge in [0.25, 0.3) is 0 Å². The van der Waals surface area contributed by atoms with E-state index in [9.17, 15) is 4.79 Å². The Morgan fingerprint density at radius 2 is 1.11 bits per heavy atom. The highest BCUT2D eigenvalue weighted by Crippen LogP contribution is 2.18. The molecule has 0 fully saturated rings. The summed E-state index contributed by atoms with van der Waals surface area (Å²) in [5.41, 5.74) is 5.98. The monoisotopic (exact) mass is 366 g/mol. The Kier molecular flexibility index (Phi) is 6.55. The van der Waals surface area contributed by atoms with Crippen molar-refractivity contribution in [3.63, 3.8) is 0 Å². The molecule has 9 nitrogen and oxygen atoms in total. The van der Waals surface area contributed by atoms with E-state index in [1.807, 2.05) is 0 Å². The number of benzene rings is 2. The van der Waals surface area contributed by atoms with Gasteiger partial charge in [-0.1, -0.05) is 24.3 Å². The minimum atomic E-state index is -0.342. The van der Waals surface area contributed by atoms with Gasteiger partial charge in [0.15, 0.2) is 5.78 Å². The lowest BCUT2D eigenvalue weighted by molar-refractivity contribution is 0.103. The maximum atomic E-state index is 12.7. The topological polar surface area (TPSA) is 161 Å². The van der Waals surface area contributed by atoms with Crippen LogP contribution in [0, 0.1) is 45.3 Å². The molecule has 0 spiro atoms. The van der Waals surface area contributed by atoms with E-state index in [1.165, 1.54) is 12.1 Å². The highest BCUT2D eigenvalue weighted by molar-refractivity contribution is 6.11. The SMILES string of the molecule is N#CC(C#N)=NNc1cccc(C(=O)c2cccc(NN=C(C#N)C#N)c2)c1. The number of anilines is 2. The van der Waals surface area contributed by atoms with Crippen molar-refractivity contribution < 1.29 is 4.79 Å². The van der Waals surface area contributed by atoms with Crippen molar-refractivity contribution in [3.8, 4) is 24.3 Å². The van der Waals surface area contributed by atoms with Crippen LogP contribution in [0.1, 0.15) is 15.9 Å². The number of hydrazone groups is 2. The summed E-state index contributed by atoms with van der Waals surface area (Å²) in [6.45, 7) is 0. The molecule has 0 aliphatic carbocycles. The number of carbonyl (C=O) groups is 1. The number of nitrogens with zero attached hydrogens (tertiary/aromatic N) is 6. The third kappa shape index (κ3) is 5.00. The van der Waals surface area contributed by atoms with Crippen LogP contribution in [0.2, 0.25) is 0 Å². The Bertz CT molecular complexity index is 1010. The van der Waals surface area contributed by atoms with Crippen LogP contribution in [0.25, 0.3) is 0 Å². The van der Waals surface area contributed by atoms with Crippen molar-refractivity contribution in [2.24, 2.45) is 10.2 Å². The van der Waals surface area contributed by atoms with Gasteiger partial charge in [0.1, 0.15) is 24.3 Å². The van der Waals surface area contributed by atoms with Crippen molar-refractivity contribution in [1.29, 1.82) is 21.0 Å². The predicted octanol–water partition coefficient (Wildman–Crippen LogP) is 2.55. The summed E-state index contributed by atoms with van der Waals surface area (Å²) in [6, 6.07) is 19.3. The molecule has 2 N–H and O–H groups in total. The zero-order valence-electron chi connectivity index (χ0n) is 14.2. The largest absolute Gasteiger partial charge is 0.289 e. The summed E-state index contributed by atoms with van der Waals surface area (Å²) < 4.78 is 0. The molecule has 0 radical (unpaired) electrons. The smallest absolute Gasteiger partial charge is 0.237 e. The summed E-state index contributed by atoms with van der Waals surface area (Å²) in [5, 5.41) is 42.0. The van der Waals surface area contributed by atoms with E-state index in [0.717, 1.165) is 0 Å². The van der Waals surface area contributed by atoms with Crippen LogP contribution in [0.3, 0.4) is 0 Å². The van der Waals surface area contributed by atoms with E-state index in [1.54, 1.807) is 60.7 Å². The predicted molar refractivity (Wildman–Crippen MR) is 101 cm³/mol. The van der Waals surface area contributed by atoms with Crippen LogP contribution < -0.4 is 10.9 Å². The van der Waals surface area contributed by atoms with Gasteiger partial charge in [0.05, 0.1) is 11.4 Å². The third-order valence-corrected chi connectivity index (χ3v) is 3.27. The van der Waals surface area contributed by atoms with Crippen LogP contribution in [0.15, 0.2) is 58.7 Å². The molecule has 9 heteroatoms. The molecule has 0 aromatic heterocycles. The van der Waals surface area contributed by atoms with Crippen molar-refractivity contribution in [3.05, 3.63) is 59.7 Å². The minimum Gasteiger partial charge on any atom is -0.289 e. The Balaban J connectivity index is 2.23. The average molecular weight is 366 g/mol. The number of nitrogens with one attached hydrogen (secondary N) is 2. The normalized spacial score (nSPS) is 8.71. The molecule has 0 saturated heterocycles. The van der Waals surface area contributed by atoms with E-state index in [4.69, 9.17) is 21.0 Å². The minimum absolute atomic E-state index is 0.290. The van der Waals surface area contributed by atoms with Gasteiger partial charge >= 0.3 is 0 Å². The first kappa shape index (κ1) is 19.3. The quantitative estimate of drug-likeness (QED) is 0.451. The van der Waals surface area contributed by atoms with Gasteiger partial charge in [0.2, 0.25) is 11.4 Å². The summed E-state index contributed by atoms with van der Waals surface area (Å²) in [4.78, 5) is 12.7. The van der Waals surface area contributed by atoms with E-state index in [-0.39, 0.29) is 17.2 Å². The molecule has 28 heavy (non-hydrogen) atoms. The van der Waals surface area contributed by atoms with Crippen LogP contribution in [-0.4, -0.2) is 17.2 Å². The first-order valence-electron chi connectivity index (χ1n) is 7.64. The fourth-order valence-electron chi connectivity index (χ4n) is 2.02. The lowest BCUT2D eigenvalue weighted by atomic mass is 10.0. The molecular formula is C19H10N8O. The van der Waals surface area contributed by atoms with E-state index in [2.05, 4.69) is 21.1 Å². The first-order chi connectivity index (χ1) is 13.6. The fourth-order valence-corrected chi connectivity index (χ4v) is 2.02. The molecule has 0 atom stereocenters. The second-order valence-corrected chi connectivity index (χ2v) is 5.08. The van der Waals surface area contributed by atoms with Crippen molar-refractivity contribution in [1.82, 2.24) is 0 Å². The fraction of sp³-hybridized carbons (Fsp3) is 0. The Morgan fingerprint density at radius 3 is 1.46 bits per heavy atom. The molecule has 0 aliphatic rings. The van der Waals surface area contributed by atoms with Gasteiger partial charge in [-0.3, -0.25) is 15.6 Å². The second-order valence-electron chi connectivity index (χ2n) is 5.08. The molecule has 0 heterocycles. The number of hydrogen-bond donors (Lipinski definition) is 2. The standard InChI is InChI=1S/C19H10N8O/c20-9-17(10-21)26-24-15-5-1-3-13(7-15)19(28)14-4-2-6-16(8-14)25-27-18(11-22)12-23/h1-8,24-25H.